The van der Waals surface area contributed by atoms with Gasteiger partial charge in [-0.15, -0.1) is 0 Å². The molecule has 2 rings (SSSR count). The maximum absolute atomic E-state index is 11.8. The van der Waals surface area contributed by atoms with Gasteiger partial charge in [-0.05, 0) is 36.6 Å². The third kappa shape index (κ3) is 4.44. The fourth-order valence-electron chi connectivity index (χ4n) is 2.21. The minimum Gasteiger partial charge on any atom is -0.348 e. The Kier molecular flexibility index (Phi) is 5.25. The number of carbonyl (C=O) groups is 2. The molecule has 7 nitrogen and oxygen atoms in total. The maximum Gasteiger partial charge on any atom is 0.313 e. The molecule has 1 saturated heterocycles. The second-order valence-corrected chi connectivity index (χ2v) is 7.86. The molecule has 1 aromatic rings. The highest BCUT2D eigenvalue weighted by molar-refractivity contribution is 7.93. The van der Waals surface area contributed by atoms with Crippen LogP contribution in [0.5, 0.6) is 0 Å². The van der Waals surface area contributed by atoms with E-state index in [-0.39, 0.29) is 11.7 Å². The molecular formula is C15H21N3O4S. The summed E-state index contributed by atoms with van der Waals surface area (Å²) >= 11 is 0. The Labute approximate surface area is 136 Å². The fraction of sp³-hybridized carbons (Fsp3) is 0.467. The highest BCUT2D eigenvalue weighted by Gasteiger charge is 2.28. The van der Waals surface area contributed by atoms with Crippen LogP contribution < -0.4 is 14.9 Å². The topological polar surface area (TPSA) is 95.6 Å². The van der Waals surface area contributed by atoms with Crippen molar-refractivity contribution in [1.82, 2.24) is 5.32 Å². The number of amides is 2. The minimum absolute atomic E-state index is 0.154. The Morgan fingerprint density at radius 3 is 2.35 bits per heavy atom. The second kappa shape index (κ2) is 6.99. The molecule has 0 unspecified atom stereocenters. The van der Waals surface area contributed by atoms with Gasteiger partial charge in [0, 0.05) is 18.8 Å². The quantitative estimate of drug-likeness (QED) is 0.798. The molecule has 1 aromatic carbocycles. The normalized spacial score (nSPS) is 16.4. The van der Waals surface area contributed by atoms with Crippen LogP contribution >= 0.6 is 0 Å². The van der Waals surface area contributed by atoms with Crippen LogP contribution in [-0.2, 0) is 19.6 Å². The van der Waals surface area contributed by atoms with E-state index in [0.717, 1.165) is 0 Å². The molecule has 0 radical (unpaired) electrons. The summed E-state index contributed by atoms with van der Waals surface area (Å²) in [6.07, 6.45) is 0.608. The molecular weight excluding hydrogens is 318 g/mol. The van der Waals surface area contributed by atoms with Gasteiger partial charge in [0.05, 0.1) is 11.4 Å². The van der Waals surface area contributed by atoms with Crippen LogP contribution in [0.4, 0.5) is 11.4 Å². The molecule has 2 N–H and O–H groups in total. The van der Waals surface area contributed by atoms with Crippen LogP contribution in [0.3, 0.4) is 0 Å². The lowest BCUT2D eigenvalue weighted by atomic mass is 10.2. The van der Waals surface area contributed by atoms with Crippen LogP contribution in [-0.4, -0.2) is 39.1 Å². The summed E-state index contributed by atoms with van der Waals surface area (Å²) in [7, 11) is -3.22. The van der Waals surface area contributed by atoms with E-state index < -0.39 is 21.8 Å². The first kappa shape index (κ1) is 17.3. The molecule has 0 bridgehead atoms. The van der Waals surface area contributed by atoms with Gasteiger partial charge in [0.2, 0.25) is 10.0 Å². The summed E-state index contributed by atoms with van der Waals surface area (Å²) < 4.78 is 25.0. The molecule has 8 heteroatoms. The van der Waals surface area contributed by atoms with Crippen molar-refractivity contribution >= 4 is 33.2 Å². The SMILES string of the molecule is CC(C)CNC(=O)C(=O)Nc1ccc(N2CCCS2(=O)=O)cc1. The van der Waals surface area contributed by atoms with Gasteiger partial charge in [0.25, 0.3) is 0 Å². The largest absolute Gasteiger partial charge is 0.348 e. The van der Waals surface area contributed by atoms with Crippen molar-refractivity contribution in [2.24, 2.45) is 5.92 Å². The Morgan fingerprint density at radius 1 is 1.17 bits per heavy atom. The third-order valence-electron chi connectivity index (χ3n) is 3.39. The van der Waals surface area contributed by atoms with Crippen LogP contribution in [0, 0.1) is 5.92 Å². The van der Waals surface area contributed by atoms with E-state index in [1.54, 1.807) is 24.3 Å². The number of nitrogens with zero attached hydrogens (tertiary/aromatic N) is 1. The molecule has 1 aliphatic heterocycles. The van der Waals surface area contributed by atoms with Gasteiger partial charge in [-0.1, -0.05) is 13.8 Å². The predicted octanol–water partition coefficient (Wildman–Crippen LogP) is 0.937. The number of nitrogens with one attached hydrogen (secondary N) is 2. The van der Waals surface area contributed by atoms with E-state index in [1.165, 1.54) is 4.31 Å². The molecule has 1 aliphatic rings. The zero-order valence-electron chi connectivity index (χ0n) is 13.2. The van der Waals surface area contributed by atoms with Gasteiger partial charge < -0.3 is 10.6 Å². The van der Waals surface area contributed by atoms with E-state index in [2.05, 4.69) is 10.6 Å². The second-order valence-electron chi connectivity index (χ2n) is 5.85. The van der Waals surface area contributed by atoms with Crippen molar-refractivity contribution in [1.29, 1.82) is 0 Å². The summed E-state index contributed by atoms with van der Waals surface area (Å²) in [6.45, 7) is 4.76. The van der Waals surface area contributed by atoms with E-state index >= 15 is 0 Å². The monoisotopic (exact) mass is 339 g/mol. The summed E-state index contributed by atoms with van der Waals surface area (Å²) in [4.78, 5) is 23.3. The zero-order chi connectivity index (χ0) is 17.0. The average molecular weight is 339 g/mol. The first-order valence-electron chi connectivity index (χ1n) is 7.49. The fourth-order valence-corrected chi connectivity index (χ4v) is 3.77. The number of carbonyl (C=O) groups excluding carboxylic acids is 2. The summed E-state index contributed by atoms with van der Waals surface area (Å²) in [5.74, 6) is -1.02. The minimum atomic E-state index is -3.22. The lowest BCUT2D eigenvalue weighted by Gasteiger charge is -2.17. The summed E-state index contributed by atoms with van der Waals surface area (Å²) in [5, 5.41) is 5.02. The molecule has 0 saturated carbocycles. The molecule has 2 amide bonds. The lowest BCUT2D eigenvalue weighted by Crippen LogP contribution is -2.37. The summed E-state index contributed by atoms with van der Waals surface area (Å²) in [5.41, 5.74) is 1.000. The number of sulfonamides is 1. The Bertz CT molecular complexity index is 683. The van der Waals surface area contributed by atoms with Crippen molar-refractivity contribution in [3.63, 3.8) is 0 Å². The molecule has 1 heterocycles. The van der Waals surface area contributed by atoms with Crippen molar-refractivity contribution in [2.45, 2.75) is 20.3 Å². The van der Waals surface area contributed by atoms with E-state index in [9.17, 15) is 18.0 Å². The molecule has 0 aromatic heterocycles. The van der Waals surface area contributed by atoms with Crippen molar-refractivity contribution in [2.75, 3.05) is 28.5 Å². The number of benzene rings is 1. The standard InChI is InChI=1S/C15H21N3O4S/c1-11(2)10-16-14(19)15(20)17-12-4-6-13(7-5-12)18-8-3-9-23(18,21)22/h4-7,11H,3,8-10H2,1-2H3,(H,16,19)(H,17,20). The molecule has 1 fully saturated rings. The number of hydrogen-bond acceptors (Lipinski definition) is 4. The molecule has 0 atom stereocenters. The van der Waals surface area contributed by atoms with Crippen LogP contribution in [0.15, 0.2) is 24.3 Å². The Morgan fingerprint density at radius 2 is 1.83 bits per heavy atom. The zero-order valence-corrected chi connectivity index (χ0v) is 14.0. The molecule has 126 valence electrons. The van der Waals surface area contributed by atoms with E-state index in [1.807, 2.05) is 13.8 Å². The average Bonchev–Trinajstić information content (AvgIpc) is 2.85. The van der Waals surface area contributed by atoms with E-state index in [0.29, 0.717) is 30.9 Å². The maximum atomic E-state index is 11.8. The van der Waals surface area contributed by atoms with Gasteiger partial charge in [0.15, 0.2) is 0 Å². The first-order chi connectivity index (χ1) is 10.8. The van der Waals surface area contributed by atoms with Gasteiger partial charge in [-0.3, -0.25) is 13.9 Å². The van der Waals surface area contributed by atoms with Crippen LogP contribution in [0.2, 0.25) is 0 Å². The van der Waals surface area contributed by atoms with Gasteiger partial charge in [-0.2, -0.15) is 0 Å². The number of rotatable bonds is 4. The third-order valence-corrected chi connectivity index (χ3v) is 5.26. The number of hydrogen-bond donors (Lipinski definition) is 2. The highest BCUT2D eigenvalue weighted by atomic mass is 32.2. The van der Waals surface area contributed by atoms with Gasteiger partial charge in [0.1, 0.15) is 0 Å². The van der Waals surface area contributed by atoms with Crippen molar-refractivity contribution in [3.8, 4) is 0 Å². The van der Waals surface area contributed by atoms with E-state index in [4.69, 9.17) is 0 Å². The van der Waals surface area contributed by atoms with Crippen LogP contribution in [0.25, 0.3) is 0 Å². The first-order valence-corrected chi connectivity index (χ1v) is 9.10. The summed E-state index contributed by atoms with van der Waals surface area (Å²) in [6, 6.07) is 6.39. The smallest absolute Gasteiger partial charge is 0.313 e. The number of anilines is 2. The molecule has 23 heavy (non-hydrogen) atoms. The predicted molar refractivity (Wildman–Crippen MR) is 88.7 cm³/mol. The van der Waals surface area contributed by atoms with Crippen molar-refractivity contribution < 1.29 is 18.0 Å². The van der Waals surface area contributed by atoms with Crippen molar-refractivity contribution in [3.05, 3.63) is 24.3 Å². The lowest BCUT2D eigenvalue weighted by molar-refractivity contribution is -0.136. The highest BCUT2D eigenvalue weighted by Crippen LogP contribution is 2.25. The molecule has 0 spiro atoms. The Balaban J connectivity index is 1.97. The Hall–Kier alpha value is -2.09. The van der Waals surface area contributed by atoms with Gasteiger partial charge in [-0.25, -0.2) is 8.42 Å². The molecule has 0 aliphatic carbocycles. The van der Waals surface area contributed by atoms with Gasteiger partial charge >= 0.3 is 11.8 Å². The van der Waals surface area contributed by atoms with Crippen LogP contribution in [0.1, 0.15) is 20.3 Å².